The van der Waals surface area contributed by atoms with Crippen LogP contribution in [0.15, 0.2) is 0 Å². The van der Waals surface area contributed by atoms with Gasteiger partial charge in [-0.2, -0.15) is 15.8 Å². The van der Waals surface area contributed by atoms with Gasteiger partial charge in [0.25, 0.3) is 5.41 Å². The van der Waals surface area contributed by atoms with Crippen molar-refractivity contribution >= 4 is 5.78 Å². The predicted octanol–water partition coefficient (Wildman–Crippen LogP) is -0.507. The fourth-order valence-corrected chi connectivity index (χ4v) is 0.554. The number of aliphatic hydroxyl groups excluding tert-OH is 1. The Kier molecular flexibility index (Phi) is 2.93. The van der Waals surface area contributed by atoms with Crippen molar-refractivity contribution in [2.24, 2.45) is 5.41 Å². The molecule has 1 N–H and O–H groups in total. The van der Waals surface area contributed by atoms with E-state index in [0.29, 0.717) is 0 Å². The summed E-state index contributed by atoms with van der Waals surface area (Å²) in [6.07, 6.45) is -1.48. The van der Waals surface area contributed by atoms with Crippen LogP contribution < -0.4 is 0 Å². The summed E-state index contributed by atoms with van der Waals surface area (Å²) in [7, 11) is 0. The second-order valence-electron chi connectivity index (χ2n) is 2.13. The Balaban J connectivity index is 5.10. The van der Waals surface area contributed by atoms with Gasteiger partial charge in [0, 0.05) is 0 Å². The lowest BCUT2D eigenvalue weighted by Crippen LogP contribution is -2.34. The Morgan fingerprint density at radius 3 is 1.75 bits per heavy atom. The number of hydrogen-bond acceptors (Lipinski definition) is 5. The van der Waals surface area contributed by atoms with E-state index in [2.05, 4.69) is 0 Å². The molecule has 0 aromatic heterocycles. The van der Waals surface area contributed by atoms with Crippen molar-refractivity contribution in [3.05, 3.63) is 0 Å². The number of aliphatic hydroxyl groups is 1. The molecule has 0 rings (SSSR count). The molecule has 60 valence electrons. The second kappa shape index (κ2) is 3.48. The van der Waals surface area contributed by atoms with Crippen LogP contribution in [0.4, 0.5) is 0 Å². The Bertz CT molecular complexity index is 277. The smallest absolute Gasteiger partial charge is 0.288 e. The fourth-order valence-electron chi connectivity index (χ4n) is 0.554. The van der Waals surface area contributed by atoms with Gasteiger partial charge in [0.15, 0.2) is 0 Å². The van der Waals surface area contributed by atoms with Crippen LogP contribution in [0, 0.1) is 39.4 Å². The van der Waals surface area contributed by atoms with E-state index in [9.17, 15) is 4.79 Å². The first kappa shape index (κ1) is 10.1. The molecule has 12 heavy (non-hydrogen) atoms. The van der Waals surface area contributed by atoms with Crippen LogP contribution in [0.3, 0.4) is 0 Å². The van der Waals surface area contributed by atoms with Gasteiger partial charge >= 0.3 is 0 Å². The topological polar surface area (TPSA) is 109 Å². The fraction of sp³-hybridized carbons (Fsp3) is 0.429. The van der Waals surface area contributed by atoms with Gasteiger partial charge in [-0.15, -0.1) is 0 Å². The number of ketones is 1. The minimum absolute atomic E-state index is 1.09. The first-order chi connectivity index (χ1) is 5.54. The SMILES string of the molecule is CC(O)C(=O)C(C#N)(C#N)C#N. The van der Waals surface area contributed by atoms with Crippen LogP contribution in [-0.2, 0) is 4.79 Å². The molecular weight excluding hydrogens is 158 g/mol. The summed E-state index contributed by atoms with van der Waals surface area (Å²) in [6, 6.07) is 3.79. The van der Waals surface area contributed by atoms with E-state index >= 15 is 0 Å². The molecular formula is C7H5N3O2. The molecule has 0 bridgehead atoms. The predicted molar refractivity (Wildman–Crippen MR) is 36.0 cm³/mol. The lowest BCUT2D eigenvalue weighted by Gasteiger charge is -2.08. The van der Waals surface area contributed by atoms with Gasteiger partial charge in [-0.25, -0.2) is 0 Å². The first-order valence-corrected chi connectivity index (χ1v) is 3.00. The lowest BCUT2D eigenvalue weighted by molar-refractivity contribution is -0.129. The molecule has 0 saturated heterocycles. The van der Waals surface area contributed by atoms with Gasteiger partial charge in [0.05, 0.1) is 0 Å². The van der Waals surface area contributed by atoms with Gasteiger partial charge in [-0.3, -0.25) is 4.79 Å². The Labute approximate surface area is 69.1 Å². The average molecular weight is 163 g/mol. The van der Waals surface area contributed by atoms with Crippen molar-refractivity contribution in [1.29, 1.82) is 15.8 Å². The zero-order valence-corrected chi connectivity index (χ0v) is 6.27. The van der Waals surface area contributed by atoms with Crippen LogP contribution >= 0.6 is 0 Å². The molecule has 0 aromatic carbocycles. The van der Waals surface area contributed by atoms with Crippen molar-refractivity contribution in [3.8, 4) is 18.2 Å². The molecule has 5 heteroatoms. The molecule has 0 aliphatic heterocycles. The molecule has 0 aromatic rings. The molecule has 0 amide bonds. The monoisotopic (exact) mass is 163 g/mol. The average Bonchev–Trinajstić information content (AvgIpc) is 2.08. The number of Topliss-reactive ketones (excluding diaryl/α,β-unsaturated/α-hetero) is 1. The summed E-state index contributed by atoms with van der Waals surface area (Å²) in [5, 5.41) is 33.9. The Morgan fingerprint density at radius 2 is 1.67 bits per heavy atom. The largest absolute Gasteiger partial charge is 0.385 e. The summed E-state index contributed by atoms with van der Waals surface area (Å²) >= 11 is 0. The van der Waals surface area contributed by atoms with E-state index in [1.54, 1.807) is 0 Å². The molecule has 0 aliphatic rings. The maximum absolute atomic E-state index is 10.9. The van der Waals surface area contributed by atoms with Crippen LogP contribution in [0.2, 0.25) is 0 Å². The van der Waals surface area contributed by atoms with E-state index in [0.717, 1.165) is 6.92 Å². The quantitative estimate of drug-likeness (QED) is 0.589. The van der Waals surface area contributed by atoms with Crippen LogP contribution in [0.1, 0.15) is 6.92 Å². The van der Waals surface area contributed by atoms with Crippen molar-refractivity contribution in [3.63, 3.8) is 0 Å². The summed E-state index contributed by atoms with van der Waals surface area (Å²) < 4.78 is 0. The molecule has 0 saturated carbocycles. The maximum Gasteiger partial charge on any atom is 0.288 e. The molecule has 5 nitrogen and oxygen atoms in total. The highest BCUT2D eigenvalue weighted by Crippen LogP contribution is 2.16. The molecule has 0 heterocycles. The van der Waals surface area contributed by atoms with Crippen LogP contribution in [0.25, 0.3) is 0 Å². The summed E-state index contributed by atoms with van der Waals surface area (Å²) in [5.74, 6) is -1.09. The summed E-state index contributed by atoms with van der Waals surface area (Å²) in [6.45, 7) is 1.10. The maximum atomic E-state index is 10.9. The summed E-state index contributed by atoms with van der Waals surface area (Å²) in [4.78, 5) is 10.9. The lowest BCUT2D eigenvalue weighted by atomic mass is 9.86. The van der Waals surface area contributed by atoms with E-state index in [1.807, 2.05) is 0 Å². The van der Waals surface area contributed by atoms with Gasteiger partial charge < -0.3 is 5.11 Å². The third kappa shape index (κ3) is 1.40. The van der Waals surface area contributed by atoms with Gasteiger partial charge in [0.2, 0.25) is 5.78 Å². The minimum atomic E-state index is -2.37. The van der Waals surface area contributed by atoms with Crippen LogP contribution in [0.5, 0.6) is 0 Å². The van der Waals surface area contributed by atoms with Gasteiger partial charge in [-0.05, 0) is 6.92 Å². The number of hydrogen-bond donors (Lipinski definition) is 1. The van der Waals surface area contributed by atoms with Crippen molar-refractivity contribution in [1.82, 2.24) is 0 Å². The number of carbonyl (C=O) groups excluding carboxylic acids is 1. The first-order valence-electron chi connectivity index (χ1n) is 3.00. The molecule has 0 fully saturated rings. The highest BCUT2D eigenvalue weighted by Gasteiger charge is 2.41. The standard InChI is InChI=1S/C7H5N3O2/c1-5(11)6(12)7(2-8,3-9)4-10/h5,11H,1H3. The van der Waals surface area contributed by atoms with Crippen molar-refractivity contribution < 1.29 is 9.90 Å². The van der Waals surface area contributed by atoms with Gasteiger partial charge in [0.1, 0.15) is 24.3 Å². The molecule has 0 radical (unpaired) electrons. The highest BCUT2D eigenvalue weighted by atomic mass is 16.3. The minimum Gasteiger partial charge on any atom is -0.385 e. The molecule has 1 unspecified atom stereocenters. The molecule has 0 aliphatic carbocycles. The van der Waals surface area contributed by atoms with E-state index in [1.165, 1.54) is 18.2 Å². The van der Waals surface area contributed by atoms with Crippen LogP contribution in [-0.4, -0.2) is 17.0 Å². The molecule has 0 spiro atoms. The molecule has 1 atom stereocenters. The zero-order chi connectivity index (χ0) is 9.78. The number of carbonyl (C=O) groups is 1. The van der Waals surface area contributed by atoms with E-state index in [-0.39, 0.29) is 0 Å². The zero-order valence-electron chi connectivity index (χ0n) is 6.27. The second-order valence-corrected chi connectivity index (χ2v) is 2.13. The number of nitriles is 3. The number of rotatable bonds is 2. The van der Waals surface area contributed by atoms with E-state index in [4.69, 9.17) is 20.9 Å². The number of nitrogens with zero attached hydrogens (tertiary/aromatic N) is 3. The van der Waals surface area contributed by atoms with Gasteiger partial charge in [-0.1, -0.05) is 0 Å². The van der Waals surface area contributed by atoms with E-state index < -0.39 is 17.3 Å². The normalized spacial score (nSPS) is 11.9. The third-order valence-electron chi connectivity index (χ3n) is 1.25. The Hall–Kier alpha value is -1.90. The van der Waals surface area contributed by atoms with Crippen molar-refractivity contribution in [2.45, 2.75) is 13.0 Å². The highest BCUT2D eigenvalue weighted by molar-refractivity contribution is 5.96. The summed E-state index contributed by atoms with van der Waals surface area (Å²) in [5.41, 5.74) is -2.37. The third-order valence-corrected chi connectivity index (χ3v) is 1.25. The van der Waals surface area contributed by atoms with Crippen molar-refractivity contribution in [2.75, 3.05) is 0 Å². The Morgan fingerprint density at radius 1 is 1.33 bits per heavy atom.